The van der Waals surface area contributed by atoms with Crippen molar-refractivity contribution in [1.82, 2.24) is 10.2 Å². The maximum Gasteiger partial charge on any atom is 0.261 e. The molecule has 0 aliphatic heterocycles. The minimum absolute atomic E-state index is 0.170. The number of benzene rings is 2. The Morgan fingerprint density at radius 1 is 1.10 bits per heavy atom. The van der Waals surface area contributed by atoms with Crippen LogP contribution < -0.4 is 14.8 Å². The van der Waals surface area contributed by atoms with Crippen molar-refractivity contribution in [3.63, 3.8) is 0 Å². The zero-order valence-electron chi connectivity index (χ0n) is 18.1. The standard InChI is InChI=1S/C23H29BrN2O4/c1-15(2)18-8-11-21(20(24)12-18)30-14-22(27)26(16(3)23(28)25-4)13-17-6-9-19(29-5)10-7-17/h6-12,15-16H,13-14H2,1-5H3,(H,25,28). The molecule has 0 heterocycles. The number of hydrogen-bond donors (Lipinski definition) is 1. The molecule has 0 aliphatic rings. The van der Waals surface area contributed by atoms with Crippen molar-refractivity contribution < 1.29 is 19.1 Å². The Labute approximate surface area is 186 Å². The van der Waals surface area contributed by atoms with Gasteiger partial charge in [-0.1, -0.05) is 32.0 Å². The van der Waals surface area contributed by atoms with E-state index in [1.807, 2.05) is 42.5 Å². The van der Waals surface area contributed by atoms with Crippen LogP contribution in [-0.2, 0) is 16.1 Å². The molecule has 2 aromatic carbocycles. The topological polar surface area (TPSA) is 67.9 Å². The molecular formula is C23H29BrN2O4. The Morgan fingerprint density at radius 2 is 1.77 bits per heavy atom. The molecule has 2 aromatic rings. The monoisotopic (exact) mass is 476 g/mol. The molecular weight excluding hydrogens is 448 g/mol. The van der Waals surface area contributed by atoms with Crippen LogP contribution in [0.5, 0.6) is 11.5 Å². The van der Waals surface area contributed by atoms with E-state index in [0.717, 1.165) is 15.8 Å². The maximum absolute atomic E-state index is 13.0. The lowest BCUT2D eigenvalue weighted by atomic mass is 10.0. The summed E-state index contributed by atoms with van der Waals surface area (Å²) >= 11 is 3.51. The molecule has 6 nitrogen and oxygen atoms in total. The lowest BCUT2D eigenvalue weighted by molar-refractivity contribution is -0.142. The first-order chi connectivity index (χ1) is 14.3. The predicted molar refractivity (Wildman–Crippen MR) is 121 cm³/mol. The molecule has 7 heteroatoms. The summed E-state index contributed by atoms with van der Waals surface area (Å²) in [6.45, 7) is 6.05. The van der Waals surface area contributed by atoms with Gasteiger partial charge in [0.15, 0.2) is 6.61 Å². The fraction of sp³-hybridized carbons (Fsp3) is 0.391. The predicted octanol–water partition coefficient (Wildman–Crippen LogP) is 4.12. The van der Waals surface area contributed by atoms with Crippen molar-refractivity contribution in [3.8, 4) is 11.5 Å². The third kappa shape index (κ3) is 6.23. The molecule has 0 saturated heterocycles. The molecule has 0 aromatic heterocycles. The molecule has 0 fully saturated rings. The molecule has 0 saturated carbocycles. The molecule has 0 spiro atoms. The van der Waals surface area contributed by atoms with Crippen LogP contribution in [-0.4, -0.2) is 43.5 Å². The summed E-state index contributed by atoms with van der Waals surface area (Å²) < 4.78 is 11.7. The summed E-state index contributed by atoms with van der Waals surface area (Å²) in [6, 6.07) is 12.6. The summed E-state index contributed by atoms with van der Waals surface area (Å²) in [7, 11) is 3.15. The van der Waals surface area contributed by atoms with E-state index >= 15 is 0 Å². The number of halogens is 1. The average molecular weight is 477 g/mol. The largest absolute Gasteiger partial charge is 0.497 e. The lowest BCUT2D eigenvalue weighted by Crippen LogP contribution is -2.48. The first kappa shape index (κ1) is 23.7. The van der Waals surface area contributed by atoms with E-state index < -0.39 is 6.04 Å². The fourth-order valence-electron chi connectivity index (χ4n) is 2.93. The molecule has 30 heavy (non-hydrogen) atoms. The van der Waals surface area contributed by atoms with Gasteiger partial charge in [0, 0.05) is 13.6 Å². The Balaban J connectivity index is 2.14. The summed E-state index contributed by atoms with van der Waals surface area (Å²) in [5, 5.41) is 2.60. The van der Waals surface area contributed by atoms with Crippen molar-refractivity contribution in [1.29, 1.82) is 0 Å². The molecule has 2 rings (SSSR count). The van der Waals surface area contributed by atoms with Crippen molar-refractivity contribution in [2.45, 2.75) is 39.3 Å². The SMILES string of the molecule is CNC(=O)C(C)N(Cc1ccc(OC)cc1)C(=O)COc1ccc(C(C)C)cc1Br. The van der Waals surface area contributed by atoms with E-state index in [9.17, 15) is 9.59 Å². The van der Waals surface area contributed by atoms with Crippen LogP contribution in [0.25, 0.3) is 0 Å². The number of carbonyl (C=O) groups is 2. The van der Waals surface area contributed by atoms with Crippen LogP contribution in [0.2, 0.25) is 0 Å². The first-order valence-corrected chi connectivity index (χ1v) is 10.6. The highest BCUT2D eigenvalue weighted by molar-refractivity contribution is 9.10. The molecule has 0 aliphatic carbocycles. The summed E-state index contributed by atoms with van der Waals surface area (Å²) in [4.78, 5) is 26.7. The summed E-state index contributed by atoms with van der Waals surface area (Å²) in [5.41, 5.74) is 2.07. The van der Waals surface area contributed by atoms with Crippen molar-refractivity contribution >= 4 is 27.7 Å². The lowest BCUT2D eigenvalue weighted by Gasteiger charge is -2.28. The number of carbonyl (C=O) groups excluding carboxylic acids is 2. The van der Waals surface area contributed by atoms with Crippen LogP contribution in [0.3, 0.4) is 0 Å². The third-order valence-corrected chi connectivity index (χ3v) is 5.52. The van der Waals surface area contributed by atoms with Crippen LogP contribution >= 0.6 is 15.9 Å². The molecule has 0 bridgehead atoms. The average Bonchev–Trinajstić information content (AvgIpc) is 2.75. The number of ether oxygens (including phenoxy) is 2. The number of likely N-dealkylation sites (N-methyl/N-ethyl adjacent to an activating group) is 1. The van der Waals surface area contributed by atoms with Gasteiger partial charge in [0.2, 0.25) is 5.91 Å². The van der Waals surface area contributed by atoms with Gasteiger partial charge in [-0.25, -0.2) is 0 Å². The second-order valence-electron chi connectivity index (χ2n) is 7.29. The highest BCUT2D eigenvalue weighted by Gasteiger charge is 2.26. The Hall–Kier alpha value is -2.54. The Morgan fingerprint density at radius 3 is 2.30 bits per heavy atom. The van der Waals surface area contributed by atoms with Crippen molar-refractivity contribution in [2.75, 3.05) is 20.8 Å². The Kier molecular flexibility index (Phi) is 8.72. The van der Waals surface area contributed by atoms with Gasteiger partial charge in [-0.2, -0.15) is 0 Å². The number of nitrogens with one attached hydrogen (secondary N) is 1. The second kappa shape index (κ2) is 11.0. The molecule has 162 valence electrons. The first-order valence-electron chi connectivity index (χ1n) is 9.83. The number of rotatable bonds is 9. The van der Waals surface area contributed by atoms with E-state index in [2.05, 4.69) is 35.1 Å². The van der Waals surface area contributed by atoms with E-state index in [1.165, 1.54) is 10.5 Å². The van der Waals surface area contributed by atoms with Crippen molar-refractivity contribution in [3.05, 3.63) is 58.1 Å². The second-order valence-corrected chi connectivity index (χ2v) is 8.15. The molecule has 1 N–H and O–H groups in total. The van der Waals surface area contributed by atoms with Gasteiger partial charge in [-0.3, -0.25) is 9.59 Å². The summed E-state index contributed by atoms with van der Waals surface area (Å²) in [5.74, 6) is 1.20. The van der Waals surface area contributed by atoms with E-state index in [0.29, 0.717) is 11.7 Å². The minimum Gasteiger partial charge on any atom is -0.497 e. The van der Waals surface area contributed by atoms with Crippen LogP contribution in [0.1, 0.15) is 37.8 Å². The highest BCUT2D eigenvalue weighted by atomic mass is 79.9. The van der Waals surface area contributed by atoms with Gasteiger partial charge >= 0.3 is 0 Å². The van der Waals surface area contributed by atoms with Crippen LogP contribution in [0, 0.1) is 0 Å². The van der Waals surface area contributed by atoms with E-state index in [1.54, 1.807) is 21.1 Å². The van der Waals surface area contributed by atoms with Gasteiger partial charge in [0.25, 0.3) is 5.91 Å². The fourth-order valence-corrected chi connectivity index (χ4v) is 3.45. The zero-order chi connectivity index (χ0) is 22.3. The van der Waals surface area contributed by atoms with Gasteiger partial charge in [-0.05, 0) is 64.2 Å². The molecule has 1 atom stereocenters. The number of hydrogen-bond acceptors (Lipinski definition) is 4. The van der Waals surface area contributed by atoms with E-state index in [4.69, 9.17) is 9.47 Å². The van der Waals surface area contributed by atoms with Gasteiger partial charge in [-0.15, -0.1) is 0 Å². The Bertz CT molecular complexity index is 868. The van der Waals surface area contributed by atoms with Crippen molar-refractivity contribution in [2.24, 2.45) is 0 Å². The molecule has 1 unspecified atom stereocenters. The normalized spacial score (nSPS) is 11.7. The highest BCUT2D eigenvalue weighted by Crippen LogP contribution is 2.29. The molecule has 0 radical (unpaired) electrons. The van der Waals surface area contributed by atoms with Crippen LogP contribution in [0.15, 0.2) is 46.9 Å². The van der Waals surface area contributed by atoms with Crippen LogP contribution in [0.4, 0.5) is 0 Å². The smallest absolute Gasteiger partial charge is 0.261 e. The van der Waals surface area contributed by atoms with E-state index in [-0.39, 0.29) is 25.0 Å². The van der Waals surface area contributed by atoms with Gasteiger partial charge in [0.1, 0.15) is 17.5 Å². The third-order valence-electron chi connectivity index (χ3n) is 4.90. The summed E-state index contributed by atoms with van der Waals surface area (Å²) in [6.07, 6.45) is 0. The number of nitrogens with zero attached hydrogens (tertiary/aromatic N) is 1. The molecule has 2 amide bonds. The quantitative estimate of drug-likeness (QED) is 0.590. The maximum atomic E-state index is 13.0. The van der Waals surface area contributed by atoms with Gasteiger partial charge < -0.3 is 19.7 Å². The zero-order valence-corrected chi connectivity index (χ0v) is 19.7. The number of methoxy groups -OCH3 is 1. The minimum atomic E-state index is -0.639. The number of amides is 2. The van der Waals surface area contributed by atoms with Gasteiger partial charge in [0.05, 0.1) is 11.6 Å².